The van der Waals surface area contributed by atoms with Crippen LogP contribution in [0.15, 0.2) is 23.3 Å². The minimum Gasteiger partial charge on any atom is -0.468 e. The molecule has 11 heteroatoms. The number of aliphatic imine (C=N–C) groups is 1. The first-order valence-electron chi connectivity index (χ1n) is 9.43. The molecule has 1 aromatic heterocycles. The van der Waals surface area contributed by atoms with Crippen LogP contribution in [0, 0.1) is 0 Å². The van der Waals surface area contributed by atoms with Gasteiger partial charge in [-0.25, -0.2) is 9.98 Å². The predicted molar refractivity (Wildman–Crippen MR) is 116 cm³/mol. The Bertz CT molecular complexity index is 613. The third kappa shape index (κ3) is 10.8. The van der Waals surface area contributed by atoms with Crippen molar-refractivity contribution in [3.63, 3.8) is 0 Å². The molecule has 0 spiro atoms. The van der Waals surface area contributed by atoms with E-state index in [0.29, 0.717) is 18.1 Å². The number of hydrogen-bond acceptors (Lipinski definition) is 5. The van der Waals surface area contributed by atoms with Gasteiger partial charge in [-0.1, -0.05) is 6.07 Å². The Balaban J connectivity index is 0.00000420. The lowest BCUT2D eigenvalue weighted by molar-refractivity contribution is -0.154. The lowest BCUT2D eigenvalue weighted by atomic mass is 10.3. The highest BCUT2D eigenvalue weighted by Gasteiger charge is 2.29. The highest BCUT2D eigenvalue weighted by atomic mass is 127. The fourth-order valence-corrected chi connectivity index (χ4v) is 2.66. The molecule has 1 aliphatic rings. The summed E-state index contributed by atoms with van der Waals surface area (Å²) in [4.78, 5) is 10.7. The van der Waals surface area contributed by atoms with Gasteiger partial charge in [0.25, 0.3) is 0 Å². The van der Waals surface area contributed by atoms with Crippen molar-refractivity contribution in [1.29, 1.82) is 0 Å². The van der Waals surface area contributed by atoms with Gasteiger partial charge < -0.3 is 20.1 Å². The third-order valence-corrected chi connectivity index (χ3v) is 4.02. The molecular formula is C18H29F3IN5O2. The molecule has 0 radical (unpaired) electrons. The van der Waals surface area contributed by atoms with Crippen LogP contribution in [0.2, 0.25) is 0 Å². The molecule has 0 aliphatic carbocycles. The summed E-state index contributed by atoms with van der Waals surface area (Å²) in [6, 6.07) is 3.30. The van der Waals surface area contributed by atoms with Crippen LogP contribution in [0.4, 0.5) is 13.2 Å². The van der Waals surface area contributed by atoms with Crippen molar-refractivity contribution in [3.05, 3.63) is 23.9 Å². The summed E-state index contributed by atoms with van der Waals surface area (Å²) >= 11 is 0. The Morgan fingerprint density at radius 1 is 1.31 bits per heavy atom. The van der Waals surface area contributed by atoms with Crippen LogP contribution in [0.5, 0.6) is 5.88 Å². The Morgan fingerprint density at radius 3 is 2.76 bits per heavy atom. The van der Waals surface area contributed by atoms with Gasteiger partial charge >= 0.3 is 6.18 Å². The molecule has 0 amide bonds. The number of hydrogen-bond donors (Lipinski definition) is 2. The number of halogens is 4. The van der Waals surface area contributed by atoms with Crippen molar-refractivity contribution in [3.8, 4) is 5.88 Å². The standard InChI is InChI=1S/C18H28F3N5O2.HI/c1-2-22-17(24-7-4-8-26-9-11-27-12-10-26)25-13-15-5-3-6-23-16(15)28-14-18(19,20)21;/h3,5-6H,2,4,7-14H2,1H3,(H2,22,24,25);1H. The van der Waals surface area contributed by atoms with Crippen molar-refractivity contribution in [1.82, 2.24) is 20.5 Å². The quantitative estimate of drug-likeness (QED) is 0.221. The predicted octanol–water partition coefficient (Wildman–Crippen LogP) is 2.42. The fraction of sp³-hybridized carbons (Fsp3) is 0.667. The van der Waals surface area contributed by atoms with Gasteiger partial charge in [0, 0.05) is 37.9 Å². The van der Waals surface area contributed by atoms with E-state index < -0.39 is 12.8 Å². The highest BCUT2D eigenvalue weighted by molar-refractivity contribution is 14.0. The van der Waals surface area contributed by atoms with E-state index >= 15 is 0 Å². The van der Waals surface area contributed by atoms with E-state index in [1.54, 1.807) is 12.1 Å². The topological polar surface area (TPSA) is 71.0 Å². The zero-order valence-electron chi connectivity index (χ0n) is 16.5. The number of nitrogens with zero attached hydrogens (tertiary/aromatic N) is 3. The zero-order chi connectivity index (χ0) is 20.2. The van der Waals surface area contributed by atoms with Gasteiger partial charge in [0.2, 0.25) is 5.88 Å². The molecule has 166 valence electrons. The average Bonchev–Trinajstić information content (AvgIpc) is 2.68. The molecule has 1 saturated heterocycles. The van der Waals surface area contributed by atoms with Crippen LogP contribution in [0.1, 0.15) is 18.9 Å². The minimum atomic E-state index is -4.41. The van der Waals surface area contributed by atoms with Gasteiger partial charge in [-0.05, 0) is 26.0 Å². The van der Waals surface area contributed by atoms with E-state index in [1.807, 2.05) is 6.92 Å². The summed E-state index contributed by atoms with van der Waals surface area (Å²) in [5.74, 6) is 0.557. The number of guanidine groups is 1. The summed E-state index contributed by atoms with van der Waals surface area (Å²) < 4.78 is 47.3. The van der Waals surface area contributed by atoms with Crippen LogP contribution in [0.25, 0.3) is 0 Å². The number of ether oxygens (including phenoxy) is 2. The Kier molecular flexibility index (Phi) is 12.2. The second kappa shape index (κ2) is 13.8. The lowest BCUT2D eigenvalue weighted by Crippen LogP contribution is -2.40. The van der Waals surface area contributed by atoms with Crippen LogP contribution in [-0.4, -0.2) is 74.6 Å². The van der Waals surface area contributed by atoms with Gasteiger partial charge in [-0.2, -0.15) is 13.2 Å². The molecule has 29 heavy (non-hydrogen) atoms. The molecule has 2 heterocycles. The largest absolute Gasteiger partial charge is 0.468 e. The molecule has 2 rings (SSSR count). The molecule has 0 aromatic carbocycles. The smallest absolute Gasteiger partial charge is 0.422 e. The molecule has 1 aromatic rings. The number of aromatic nitrogens is 1. The molecule has 1 aliphatic heterocycles. The van der Waals surface area contributed by atoms with E-state index in [4.69, 9.17) is 9.47 Å². The van der Waals surface area contributed by atoms with Crippen molar-refractivity contribution >= 4 is 29.9 Å². The lowest BCUT2D eigenvalue weighted by Gasteiger charge is -2.26. The monoisotopic (exact) mass is 531 g/mol. The first-order valence-corrected chi connectivity index (χ1v) is 9.43. The van der Waals surface area contributed by atoms with Crippen LogP contribution < -0.4 is 15.4 Å². The van der Waals surface area contributed by atoms with E-state index in [2.05, 4.69) is 25.5 Å². The molecule has 0 saturated carbocycles. The molecule has 0 bridgehead atoms. The average molecular weight is 531 g/mol. The summed E-state index contributed by atoms with van der Waals surface area (Å²) in [5.41, 5.74) is 0.497. The molecular weight excluding hydrogens is 502 g/mol. The van der Waals surface area contributed by atoms with Crippen LogP contribution in [-0.2, 0) is 11.3 Å². The third-order valence-electron chi connectivity index (χ3n) is 4.02. The van der Waals surface area contributed by atoms with Gasteiger partial charge in [-0.15, -0.1) is 24.0 Å². The summed E-state index contributed by atoms with van der Waals surface area (Å²) in [7, 11) is 0. The number of nitrogens with one attached hydrogen (secondary N) is 2. The van der Waals surface area contributed by atoms with Crippen LogP contribution >= 0.6 is 24.0 Å². The maximum absolute atomic E-state index is 12.4. The molecule has 0 unspecified atom stereocenters. The fourth-order valence-electron chi connectivity index (χ4n) is 2.66. The van der Waals surface area contributed by atoms with Crippen LogP contribution in [0.3, 0.4) is 0 Å². The van der Waals surface area contributed by atoms with Crippen molar-refractivity contribution in [2.75, 3.05) is 52.5 Å². The first kappa shape index (κ1) is 25.7. The SMILES string of the molecule is CCNC(=NCc1cccnc1OCC(F)(F)F)NCCCN1CCOCC1.I. The van der Waals surface area contributed by atoms with E-state index in [9.17, 15) is 13.2 Å². The number of pyridine rings is 1. The van der Waals surface area contributed by atoms with Gasteiger partial charge in [-0.3, -0.25) is 4.90 Å². The molecule has 1 fully saturated rings. The minimum absolute atomic E-state index is 0. The zero-order valence-corrected chi connectivity index (χ0v) is 18.8. The number of morpholine rings is 1. The van der Waals surface area contributed by atoms with Gasteiger partial charge in [0.05, 0.1) is 19.8 Å². The molecule has 7 nitrogen and oxygen atoms in total. The van der Waals surface area contributed by atoms with E-state index in [1.165, 1.54) is 6.20 Å². The molecule has 0 atom stereocenters. The second-order valence-corrected chi connectivity index (χ2v) is 6.30. The maximum Gasteiger partial charge on any atom is 0.422 e. The number of rotatable bonds is 9. The van der Waals surface area contributed by atoms with E-state index in [-0.39, 0.29) is 36.4 Å². The summed E-state index contributed by atoms with van der Waals surface area (Å²) in [5, 5.41) is 6.38. The highest BCUT2D eigenvalue weighted by Crippen LogP contribution is 2.20. The summed E-state index contributed by atoms with van der Waals surface area (Å²) in [6.45, 7) is 6.61. The van der Waals surface area contributed by atoms with Crippen molar-refractivity contribution in [2.24, 2.45) is 4.99 Å². The van der Waals surface area contributed by atoms with Gasteiger partial charge in [0.1, 0.15) is 0 Å². The Labute approximate surface area is 186 Å². The van der Waals surface area contributed by atoms with E-state index in [0.717, 1.165) is 45.8 Å². The Morgan fingerprint density at radius 2 is 2.07 bits per heavy atom. The van der Waals surface area contributed by atoms with Crippen molar-refractivity contribution < 1.29 is 22.6 Å². The molecule has 2 N–H and O–H groups in total. The number of alkyl halides is 3. The normalized spacial score (nSPS) is 15.5. The van der Waals surface area contributed by atoms with Gasteiger partial charge in [0.15, 0.2) is 12.6 Å². The first-order chi connectivity index (χ1) is 13.5. The summed E-state index contributed by atoms with van der Waals surface area (Å²) in [6.07, 6.45) is -2.06. The Hall–Kier alpha value is -1.34. The van der Waals surface area contributed by atoms with Crippen molar-refractivity contribution in [2.45, 2.75) is 26.1 Å². The second-order valence-electron chi connectivity index (χ2n) is 6.30. The maximum atomic E-state index is 12.4.